The highest BCUT2D eigenvalue weighted by Gasteiger charge is 2.45. The lowest BCUT2D eigenvalue weighted by Gasteiger charge is -2.22. The van der Waals surface area contributed by atoms with E-state index in [9.17, 15) is 9.59 Å². The smallest absolute Gasteiger partial charge is 0.239 e. The van der Waals surface area contributed by atoms with Gasteiger partial charge in [-0.25, -0.2) is 0 Å². The van der Waals surface area contributed by atoms with E-state index < -0.39 is 0 Å². The molecular formula is C21H27N5O2. The third kappa shape index (κ3) is 4.42. The quantitative estimate of drug-likeness (QED) is 0.856. The van der Waals surface area contributed by atoms with Gasteiger partial charge in [0, 0.05) is 51.4 Å². The first kappa shape index (κ1) is 18.7. The predicted molar refractivity (Wildman–Crippen MR) is 107 cm³/mol. The largest absolute Gasteiger partial charge is 0.341 e. The van der Waals surface area contributed by atoms with Crippen molar-refractivity contribution >= 4 is 17.6 Å². The van der Waals surface area contributed by atoms with E-state index in [1.54, 1.807) is 16.9 Å². The van der Waals surface area contributed by atoms with Gasteiger partial charge in [0.1, 0.15) is 0 Å². The summed E-state index contributed by atoms with van der Waals surface area (Å²) in [6.07, 6.45) is 3.65. The maximum absolute atomic E-state index is 12.9. The zero-order valence-corrected chi connectivity index (χ0v) is 16.3. The van der Waals surface area contributed by atoms with Gasteiger partial charge in [0.25, 0.3) is 0 Å². The maximum Gasteiger partial charge on any atom is 0.239 e. The zero-order valence-electron chi connectivity index (χ0n) is 16.3. The number of hydrogen-bond donors (Lipinski definition) is 1. The van der Waals surface area contributed by atoms with Gasteiger partial charge in [-0.15, -0.1) is 0 Å². The van der Waals surface area contributed by atoms with Crippen LogP contribution in [0.3, 0.4) is 0 Å². The van der Waals surface area contributed by atoms with Crippen LogP contribution in [0.4, 0.5) is 5.82 Å². The number of aryl methyl sites for hydroxylation is 1. The standard InChI is InChI=1S/C21H27N5O2/c1-24-11-8-19(23-24)22-20(27)15-25-9-5-10-26(13-12-25)21(28)18-14-17(18)16-6-3-2-4-7-16/h2-4,6-8,11,17-18H,5,9-10,12-15H2,1H3,(H,22,23,27). The van der Waals surface area contributed by atoms with Crippen LogP contribution >= 0.6 is 0 Å². The topological polar surface area (TPSA) is 70.5 Å². The van der Waals surface area contributed by atoms with Crippen LogP contribution in [0.2, 0.25) is 0 Å². The third-order valence-corrected chi connectivity index (χ3v) is 5.58. The van der Waals surface area contributed by atoms with E-state index in [1.807, 2.05) is 30.1 Å². The summed E-state index contributed by atoms with van der Waals surface area (Å²) in [5.41, 5.74) is 1.27. The second-order valence-corrected chi connectivity index (χ2v) is 7.74. The Kier molecular flexibility index (Phi) is 5.43. The van der Waals surface area contributed by atoms with Gasteiger partial charge in [0.05, 0.1) is 6.54 Å². The molecular weight excluding hydrogens is 354 g/mol. The van der Waals surface area contributed by atoms with Gasteiger partial charge in [0.2, 0.25) is 11.8 Å². The Hall–Kier alpha value is -2.67. The van der Waals surface area contributed by atoms with Crippen LogP contribution in [0.1, 0.15) is 24.3 Å². The molecule has 1 N–H and O–H groups in total. The number of anilines is 1. The van der Waals surface area contributed by atoms with Crippen molar-refractivity contribution in [3.63, 3.8) is 0 Å². The first-order valence-corrected chi connectivity index (χ1v) is 9.96. The summed E-state index contributed by atoms with van der Waals surface area (Å²) >= 11 is 0. The molecule has 0 spiro atoms. The molecule has 7 heteroatoms. The Morgan fingerprint density at radius 3 is 2.68 bits per heavy atom. The predicted octanol–water partition coefficient (Wildman–Crippen LogP) is 1.70. The van der Waals surface area contributed by atoms with Gasteiger partial charge >= 0.3 is 0 Å². The zero-order chi connectivity index (χ0) is 19.5. The van der Waals surface area contributed by atoms with E-state index in [0.717, 1.165) is 32.5 Å². The fraction of sp³-hybridized carbons (Fsp3) is 0.476. The molecule has 2 aliphatic rings. The molecule has 7 nitrogen and oxygen atoms in total. The van der Waals surface area contributed by atoms with E-state index in [0.29, 0.717) is 24.8 Å². The lowest BCUT2D eigenvalue weighted by atomic mass is 10.1. The summed E-state index contributed by atoms with van der Waals surface area (Å²) in [5.74, 6) is 1.27. The molecule has 2 unspecified atom stereocenters. The summed E-state index contributed by atoms with van der Waals surface area (Å²) in [7, 11) is 1.82. The summed E-state index contributed by atoms with van der Waals surface area (Å²) in [4.78, 5) is 29.2. The molecule has 28 heavy (non-hydrogen) atoms. The van der Waals surface area contributed by atoms with E-state index in [2.05, 4.69) is 27.4 Å². The monoisotopic (exact) mass is 381 g/mol. The van der Waals surface area contributed by atoms with Gasteiger partial charge in [-0.3, -0.25) is 19.2 Å². The van der Waals surface area contributed by atoms with E-state index in [-0.39, 0.29) is 17.7 Å². The first-order valence-electron chi connectivity index (χ1n) is 9.96. The molecule has 2 amide bonds. The van der Waals surface area contributed by atoms with E-state index in [1.165, 1.54) is 5.56 Å². The lowest BCUT2D eigenvalue weighted by molar-refractivity contribution is -0.132. The molecule has 4 rings (SSSR count). The Morgan fingerprint density at radius 2 is 1.93 bits per heavy atom. The maximum atomic E-state index is 12.9. The number of benzene rings is 1. The van der Waals surface area contributed by atoms with Crippen molar-refractivity contribution in [3.05, 3.63) is 48.2 Å². The second kappa shape index (κ2) is 8.14. The third-order valence-electron chi connectivity index (χ3n) is 5.58. The van der Waals surface area contributed by atoms with Crippen molar-refractivity contribution in [1.29, 1.82) is 0 Å². The van der Waals surface area contributed by atoms with Crippen molar-refractivity contribution in [2.45, 2.75) is 18.8 Å². The molecule has 1 saturated heterocycles. The summed E-state index contributed by atoms with van der Waals surface area (Å²) < 4.78 is 1.66. The summed E-state index contributed by atoms with van der Waals surface area (Å²) in [5, 5.41) is 6.99. The SMILES string of the molecule is Cn1ccc(NC(=O)CN2CCCN(C(=O)C3CC3c3ccccc3)CC2)n1. The number of carbonyl (C=O) groups is 2. The Morgan fingerprint density at radius 1 is 1.11 bits per heavy atom. The highest BCUT2D eigenvalue weighted by molar-refractivity contribution is 5.91. The molecule has 2 heterocycles. The normalized spacial score (nSPS) is 22.5. The van der Waals surface area contributed by atoms with Gasteiger partial charge < -0.3 is 10.2 Å². The fourth-order valence-corrected chi connectivity index (χ4v) is 3.99. The van der Waals surface area contributed by atoms with Crippen molar-refractivity contribution in [2.24, 2.45) is 13.0 Å². The van der Waals surface area contributed by atoms with Gasteiger partial charge in [-0.2, -0.15) is 5.10 Å². The van der Waals surface area contributed by atoms with Gasteiger partial charge in [-0.1, -0.05) is 30.3 Å². The summed E-state index contributed by atoms with van der Waals surface area (Å²) in [6, 6.07) is 12.1. The number of aromatic nitrogens is 2. The highest BCUT2D eigenvalue weighted by Crippen LogP contribution is 2.48. The van der Waals surface area contributed by atoms with Gasteiger partial charge in [0.15, 0.2) is 5.82 Å². The minimum Gasteiger partial charge on any atom is -0.341 e. The van der Waals surface area contributed by atoms with Crippen LogP contribution in [0, 0.1) is 5.92 Å². The minimum atomic E-state index is -0.0650. The average Bonchev–Trinajstić information content (AvgIpc) is 3.44. The molecule has 2 fully saturated rings. The Balaban J connectivity index is 1.26. The molecule has 2 aromatic rings. The van der Waals surface area contributed by atoms with Crippen LogP contribution in [0.15, 0.2) is 42.6 Å². The highest BCUT2D eigenvalue weighted by atomic mass is 16.2. The van der Waals surface area contributed by atoms with Crippen LogP contribution in [-0.2, 0) is 16.6 Å². The number of rotatable bonds is 5. The van der Waals surface area contributed by atoms with Crippen LogP contribution in [-0.4, -0.2) is 64.1 Å². The molecule has 1 saturated carbocycles. The second-order valence-electron chi connectivity index (χ2n) is 7.74. The fourth-order valence-electron chi connectivity index (χ4n) is 3.99. The molecule has 1 aromatic heterocycles. The van der Waals surface area contributed by atoms with Crippen LogP contribution < -0.4 is 5.32 Å². The Labute approximate surface area is 165 Å². The van der Waals surface area contributed by atoms with Gasteiger partial charge in [-0.05, 0) is 24.3 Å². The van der Waals surface area contributed by atoms with E-state index in [4.69, 9.17) is 0 Å². The van der Waals surface area contributed by atoms with Crippen LogP contribution in [0.5, 0.6) is 0 Å². The number of nitrogens with zero attached hydrogens (tertiary/aromatic N) is 4. The lowest BCUT2D eigenvalue weighted by Crippen LogP contribution is -2.38. The van der Waals surface area contributed by atoms with Crippen molar-refractivity contribution < 1.29 is 9.59 Å². The number of amides is 2. The number of hydrogen-bond acceptors (Lipinski definition) is 4. The molecule has 1 aliphatic carbocycles. The van der Waals surface area contributed by atoms with E-state index >= 15 is 0 Å². The molecule has 1 aliphatic heterocycles. The minimum absolute atomic E-state index is 0.0650. The molecule has 2 atom stereocenters. The molecule has 0 radical (unpaired) electrons. The first-order chi connectivity index (χ1) is 13.6. The molecule has 148 valence electrons. The Bertz CT molecular complexity index is 834. The number of carbonyl (C=O) groups excluding carboxylic acids is 2. The van der Waals surface area contributed by atoms with Crippen molar-refractivity contribution in [2.75, 3.05) is 38.0 Å². The van der Waals surface area contributed by atoms with Crippen molar-refractivity contribution in [1.82, 2.24) is 19.6 Å². The van der Waals surface area contributed by atoms with Crippen LogP contribution in [0.25, 0.3) is 0 Å². The molecule has 1 aromatic carbocycles. The number of nitrogens with one attached hydrogen (secondary N) is 1. The summed E-state index contributed by atoms with van der Waals surface area (Å²) in [6.45, 7) is 3.34. The van der Waals surface area contributed by atoms with Crippen molar-refractivity contribution in [3.8, 4) is 0 Å². The molecule has 0 bridgehead atoms. The average molecular weight is 381 g/mol.